The Kier molecular flexibility index (Phi) is 8.06. The van der Waals surface area contributed by atoms with Crippen LogP contribution in [0.25, 0.3) is 0 Å². The number of ether oxygens (including phenoxy) is 2. The molecule has 3 rings (SSSR count). The molecule has 2 aromatic carbocycles. The highest BCUT2D eigenvalue weighted by atomic mass is 79.9. The van der Waals surface area contributed by atoms with Crippen molar-refractivity contribution in [2.75, 3.05) is 13.7 Å². The zero-order valence-electron chi connectivity index (χ0n) is 18.4. The molecular weight excluding hydrogens is 512 g/mol. The molecule has 176 valence electrons. The van der Waals surface area contributed by atoms with E-state index in [1.54, 1.807) is 12.1 Å². The first-order valence-electron chi connectivity index (χ1n) is 10.2. The van der Waals surface area contributed by atoms with Crippen LogP contribution >= 0.6 is 15.9 Å². The number of benzene rings is 2. The molecule has 0 amide bonds. The summed E-state index contributed by atoms with van der Waals surface area (Å²) < 4.78 is 39.7. The van der Waals surface area contributed by atoms with Gasteiger partial charge in [-0.3, -0.25) is 9.36 Å². The van der Waals surface area contributed by atoms with Crippen LogP contribution in [0.5, 0.6) is 5.88 Å². The molecule has 0 aliphatic heterocycles. The van der Waals surface area contributed by atoms with Crippen LogP contribution < -0.4 is 5.56 Å². The SMILES string of the molecule is COCC(c1ccccc1)n1c(COC(C)C)nc(=O)c(S(=O)(=O)c2ccc(Br)cc2)c1O. The lowest BCUT2D eigenvalue weighted by Gasteiger charge is -2.25. The molecule has 1 aromatic heterocycles. The summed E-state index contributed by atoms with van der Waals surface area (Å²) in [5.74, 6) is -0.627. The predicted octanol–water partition coefficient (Wildman–Crippen LogP) is 3.71. The Balaban J connectivity index is 2.29. The zero-order chi connectivity index (χ0) is 24.2. The lowest BCUT2D eigenvalue weighted by Crippen LogP contribution is -2.29. The monoisotopic (exact) mass is 536 g/mol. The number of rotatable bonds is 9. The summed E-state index contributed by atoms with van der Waals surface area (Å²) in [5.41, 5.74) is -0.323. The first kappa shape index (κ1) is 25.1. The van der Waals surface area contributed by atoms with Gasteiger partial charge in [0.2, 0.25) is 15.7 Å². The minimum absolute atomic E-state index is 0.0897. The fourth-order valence-corrected chi connectivity index (χ4v) is 4.95. The lowest BCUT2D eigenvalue weighted by atomic mass is 10.1. The highest BCUT2D eigenvalue weighted by Gasteiger charge is 2.32. The highest BCUT2D eigenvalue weighted by Crippen LogP contribution is 2.32. The number of aromatic hydroxyl groups is 1. The van der Waals surface area contributed by atoms with Crippen molar-refractivity contribution < 1.29 is 23.0 Å². The number of aromatic nitrogens is 2. The van der Waals surface area contributed by atoms with Gasteiger partial charge in [-0.05, 0) is 43.7 Å². The number of methoxy groups -OCH3 is 1. The Morgan fingerprint density at radius 1 is 1.09 bits per heavy atom. The van der Waals surface area contributed by atoms with Crippen molar-refractivity contribution in [2.45, 2.75) is 42.4 Å². The normalized spacial score (nSPS) is 12.8. The second kappa shape index (κ2) is 10.6. The molecule has 1 heterocycles. The van der Waals surface area contributed by atoms with Gasteiger partial charge in [0, 0.05) is 11.6 Å². The summed E-state index contributed by atoms with van der Waals surface area (Å²) in [7, 11) is -2.87. The second-order valence-electron chi connectivity index (χ2n) is 7.55. The third-order valence-corrected chi connectivity index (χ3v) is 7.21. The van der Waals surface area contributed by atoms with E-state index >= 15 is 0 Å². The van der Waals surface area contributed by atoms with E-state index in [-0.39, 0.29) is 30.0 Å². The maximum Gasteiger partial charge on any atom is 0.296 e. The van der Waals surface area contributed by atoms with E-state index in [1.807, 2.05) is 44.2 Å². The molecule has 0 radical (unpaired) electrons. The molecule has 3 aromatic rings. The fraction of sp³-hybridized carbons (Fsp3) is 0.304. The lowest BCUT2D eigenvalue weighted by molar-refractivity contribution is 0.0554. The smallest absolute Gasteiger partial charge is 0.296 e. The van der Waals surface area contributed by atoms with Crippen LogP contribution in [-0.2, 0) is 25.9 Å². The minimum atomic E-state index is -4.37. The molecule has 0 spiro atoms. The van der Waals surface area contributed by atoms with E-state index in [0.717, 1.165) is 5.56 Å². The van der Waals surface area contributed by atoms with E-state index in [9.17, 15) is 18.3 Å². The molecule has 8 nitrogen and oxygen atoms in total. The Labute approximate surface area is 200 Å². The van der Waals surface area contributed by atoms with Gasteiger partial charge in [0.25, 0.3) is 5.56 Å². The Hall–Kier alpha value is -2.53. The van der Waals surface area contributed by atoms with E-state index in [4.69, 9.17) is 9.47 Å². The third kappa shape index (κ3) is 5.52. The van der Waals surface area contributed by atoms with Crippen LogP contribution in [0.4, 0.5) is 0 Å². The summed E-state index contributed by atoms with van der Waals surface area (Å²) in [5, 5.41) is 11.2. The fourth-order valence-electron chi connectivity index (χ4n) is 3.34. The average Bonchev–Trinajstić information content (AvgIpc) is 2.77. The van der Waals surface area contributed by atoms with Crippen molar-refractivity contribution in [3.05, 3.63) is 80.8 Å². The van der Waals surface area contributed by atoms with Crippen molar-refractivity contribution in [2.24, 2.45) is 0 Å². The largest absolute Gasteiger partial charge is 0.493 e. The quantitative estimate of drug-likeness (QED) is 0.444. The molecule has 0 fully saturated rings. The first-order chi connectivity index (χ1) is 15.7. The van der Waals surface area contributed by atoms with Crippen LogP contribution in [-0.4, -0.2) is 42.9 Å². The third-order valence-electron chi connectivity index (χ3n) is 4.89. The van der Waals surface area contributed by atoms with Crippen molar-refractivity contribution >= 4 is 25.8 Å². The van der Waals surface area contributed by atoms with Crippen LogP contribution in [0.2, 0.25) is 0 Å². The van der Waals surface area contributed by atoms with E-state index in [1.165, 1.54) is 23.8 Å². The summed E-state index contributed by atoms with van der Waals surface area (Å²) in [6, 6.07) is 14.2. The summed E-state index contributed by atoms with van der Waals surface area (Å²) in [6.07, 6.45) is -0.179. The van der Waals surface area contributed by atoms with Crippen LogP contribution in [0.3, 0.4) is 0 Å². The Morgan fingerprint density at radius 3 is 2.30 bits per heavy atom. The van der Waals surface area contributed by atoms with Gasteiger partial charge in [0.1, 0.15) is 12.4 Å². The maximum atomic E-state index is 13.3. The van der Waals surface area contributed by atoms with Gasteiger partial charge in [-0.1, -0.05) is 46.3 Å². The molecule has 1 atom stereocenters. The molecule has 0 bridgehead atoms. The van der Waals surface area contributed by atoms with Gasteiger partial charge in [0.05, 0.1) is 23.6 Å². The van der Waals surface area contributed by atoms with Crippen LogP contribution in [0.15, 0.2) is 73.7 Å². The van der Waals surface area contributed by atoms with Gasteiger partial charge in [-0.15, -0.1) is 0 Å². The van der Waals surface area contributed by atoms with E-state index < -0.39 is 32.2 Å². The Morgan fingerprint density at radius 2 is 1.73 bits per heavy atom. The molecule has 0 aliphatic carbocycles. The van der Waals surface area contributed by atoms with Gasteiger partial charge >= 0.3 is 0 Å². The number of halogens is 1. The van der Waals surface area contributed by atoms with Crippen LogP contribution in [0, 0.1) is 0 Å². The summed E-state index contributed by atoms with van der Waals surface area (Å²) >= 11 is 3.26. The molecular formula is C23H25BrN2O6S. The van der Waals surface area contributed by atoms with Crippen molar-refractivity contribution in [3.63, 3.8) is 0 Å². The summed E-state index contributed by atoms with van der Waals surface area (Å²) in [4.78, 5) is 16.0. The molecule has 0 aliphatic rings. The average molecular weight is 537 g/mol. The topological polar surface area (TPSA) is 108 Å². The summed E-state index contributed by atoms with van der Waals surface area (Å²) in [6.45, 7) is 3.62. The first-order valence-corrected chi connectivity index (χ1v) is 12.4. The second-order valence-corrected chi connectivity index (χ2v) is 10.4. The molecule has 33 heavy (non-hydrogen) atoms. The standard InChI is InChI=1S/C23H25BrN2O6S/c1-15(2)32-14-20-25-22(27)21(33(29,30)18-11-9-17(24)10-12-18)23(28)26(20)19(13-31-3)16-7-5-4-6-8-16/h4-12,15,19,28H,13-14H2,1-3H3. The number of hydrogen-bond donors (Lipinski definition) is 1. The molecule has 1 unspecified atom stereocenters. The predicted molar refractivity (Wildman–Crippen MR) is 126 cm³/mol. The van der Waals surface area contributed by atoms with Gasteiger partial charge in [-0.2, -0.15) is 4.98 Å². The number of hydrogen-bond acceptors (Lipinski definition) is 7. The van der Waals surface area contributed by atoms with Crippen molar-refractivity contribution in [1.82, 2.24) is 9.55 Å². The van der Waals surface area contributed by atoms with Gasteiger partial charge < -0.3 is 14.6 Å². The highest BCUT2D eigenvalue weighted by molar-refractivity contribution is 9.10. The van der Waals surface area contributed by atoms with E-state index in [0.29, 0.717) is 4.47 Å². The van der Waals surface area contributed by atoms with Crippen molar-refractivity contribution in [3.8, 4) is 5.88 Å². The number of nitrogens with zero attached hydrogens (tertiary/aromatic N) is 2. The van der Waals surface area contributed by atoms with E-state index in [2.05, 4.69) is 20.9 Å². The minimum Gasteiger partial charge on any atom is -0.493 e. The Bertz CT molecular complexity index is 1260. The van der Waals surface area contributed by atoms with Crippen molar-refractivity contribution in [1.29, 1.82) is 0 Å². The molecule has 0 saturated carbocycles. The maximum absolute atomic E-state index is 13.3. The molecule has 10 heteroatoms. The van der Waals surface area contributed by atoms with Gasteiger partial charge in [0.15, 0.2) is 4.90 Å². The number of sulfone groups is 1. The molecule has 0 saturated heterocycles. The molecule has 1 N–H and O–H groups in total. The van der Waals surface area contributed by atoms with Crippen LogP contribution in [0.1, 0.15) is 31.3 Å². The van der Waals surface area contributed by atoms with Gasteiger partial charge in [-0.25, -0.2) is 8.42 Å². The zero-order valence-corrected chi connectivity index (χ0v) is 20.8.